The summed E-state index contributed by atoms with van der Waals surface area (Å²) in [6.07, 6.45) is 2.99. The number of hydrogen-bond donors (Lipinski definition) is 2. The third-order valence-electron chi connectivity index (χ3n) is 4.78. The van der Waals surface area contributed by atoms with Gasteiger partial charge in [0.05, 0.1) is 18.7 Å². The number of aryl methyl sites for hydroxylation is 1. The van der Waals surface area contributed by atoms with Crippen molar-refractivity contribution in [2.45, 2.75) is 32.2 Å². The fourth-order valence-electron chi connectivity index (χ4n) is 3.41. The Balaban J connectivity index is 1.47. The molecular formula is C19H20N2O4S2. The van der Waals surface area contributed by atoms with E-state index in [0.29, 0.717) is 10.7 Å². The Labute approximate surface area is 166 Å². The van der Waals surface area contributed by atoms with Gasteiger partial charge in [-0.25, -0.2) is 4.79 Å². The number of hydrogen-bond acceptors (Lipinski definition) is 6. The Morgan fingerprint density at radius 2 is 2.11 bits per heavy atom. The predicted molar refractivity (Wildman–Crippen MR) is 108 cm³/mol. The van der Waals surface area contributed by atoms with E-state index in [1.165, 1.54) is 12.0 Å². The molecular weight excluding hydrogens is 384 g/mol. The molecule has 8 heteroatoms. The van der Waals surface area contributed by atoms with Gasteiger partial charge in [0.15, 0.2) is 16.6 Å². The van der Waals surface area contributed by atoms with E-state index in [9.17, 15) is 4.79 Å². The minimum Gasteiger partial charge on any atom is -0.465 e. The molecule has 0 fully saturated rings. The fraction of sp³-hybridized carbons (Fsp3) is 0.368. The first kappa shape index (κ1) is 18.1. The third-order valence-corrected chi connectivity index (χ3v) is 6.21. The standard InChI is InChI=1S/C19H20N2O4S2/c1-10(11-6-7-13-14(8-11)25-9-24-13)20-19(26)21-17-16(18(22)23-2)12-4-3-5-15(12)27-17/h6-8,10H,3-5,9H2,1-2H3,(H2,20,21,26). The van der Waals surface area contributed by atoms with Crippen LogP contribution in [0.2, 0.25) is 0 Å². The lowest BCUT2D eigenvalue weighted by atomic mass is 10.1. The van der Waals surface area contributed by atoms with Crippen LogP contribution in [0.3, 0.4) is 0 Å². The molecule has 2 N–H and O–H groups in total. The maximum Gasteiger partial charge on any atom is 0.341 e. The van der Waals surface area contributed by atoms with Crippen molar-refractivity contribution in [3.05, 3.63) is 39.8 Å². The topological polar surface area (TPSA) is 68.8 Å². The summed E-state index contributed by atoms with van der Waals surface area (Å²) in [4.78, 5) is 13.5. The minimum atomic E-state index is -0.316. The van der Waals surface area contributed by atoms with Crippen LogP contribution < -0.4 is 20.1 Å². The highest BCUT2D eigenvalue weighted by atomic mass is 32.1. The quantitative estimate of drug-likeness (QED) is 0.593. The lowest BCUT2D eigenvalue weighted by Gasteiger charge is -2.18. The summed E-state index contributed by atoms with van der Waals surface area (Å²) in [6, 6.07) is 5.79. The van der Waals surface area contributed by atoms with E-state index >= 15 is 0 Å². The molecule has 1 aliphatic heterocycles. The SMILES string of the molecule is COC(=O)c1c(NC(=S)NC(C)c2ccc3c(c2)OCO3)sc2c1CCC2. The smallest absolute Gasteiger partial charge is 0.341 e. The molecule has 4 rings (SSSR count). The molecule has 0 bridgehead atoms. The maximum atomic E-state index is 12.2. The van der Waals surface area contributed by atoms with Gasteiger partial charge in [-0.1, -0.05) is 6.07 Å². The van der Waals surface area contributed by atoms with Crippen molar-refractivity contribution in [3.8, 4) is 11.5 Å². The van der Waals surface area contributed by atoms with Crippen molar-refractivity contribution in [2.75, 3.05) is 19.2 Å². The minimum absolute atomic E-state index is 0.0344. The number of benzene rings is 1. The highest BCUT2D eigenvalue weighted by Crippen LogP contribution is 2.39. The van der Waals surface area contributed by atoms with Crippen molar-refractivity contribution in [2.24, 2.45) is 0 Å². The molecule has 0 amide bonds. The number of rotatable bonds is 4. The molecule has 1 atom stereocenters. The van der Waals surface area contributed by atoms with Crippen LogP contribution in [0, 0.1) is 0 Å². The van der Waals surface area contributed by atoms with Gasteiger partial charge < -0.3 is 24.8 Å². The van der Waals surface area contributed by atoms with Gasteiger partial charge in [-0.3, -0.25) is 0 Å². The summed E-state index contributed by atoms with van der Waals surface area (Å²) in [5.41, 5.74) is 2.75. The maximum absolute atomic E-state index is 12.2. The van der Waals surface area contributed by atoms with Gasteiger partial charge in [-0.05, 0) is 61.7 Å². The van der Waals surface area contributed by atoms with Gasteiger partial charge in [-0.15, -0.1) is 11.3 Å². The molecule has 27 heavy (non-hydrogen) atoms. The molecule has 142 valence electrons. The molecule has 2 aliphatic rings. The number of ether oxygens (including phenoxy) is 3. The molecule has 1 aromatic carbocycles. The molecule has 2 heterocycles. The van der Waals surface area contributed by atoms with Gasteiger partial charge >= 0.3 is 5.97 Å². The summed E-state index contributed by atoms with van der Waals surface area (Å²) in [7, 11) is 1.41. The Morgan fingerprint density at radius 1 is 1.30 bits per heavy atom. The van der Waals surface area contributed by atoms with E-state index in [1.54, 1.807) is 11.3 Å². The average molecular weight is 405 g/mol. The van der Waals surface area contributed by atoms with Crippen LogP contribution in [0.1, 0.15) is 45.7 Å². The van der Waals surface area contributed by atoms with E-state index in [1.807, 2.05) is 25.1 Å². The summed E-state index contributed by atoms with van der Waals surface area (Å²) >= 11 is 7.06. The van der Waals surface area contributed by atoms with Crippen molar-refractivity contribution in [1.29, 1.82) is 0 Å². The van der Waals surface area contributed by atoms with E-state index < -0.39 is 0 Å². The number of esters is 1. The summed E-state index contributed by atoms with van der Waals surface area (Å²) < 4.78 is 15.8. The van der Waals surface area contributed by atoms with Crippen LogP contribution in [0.25, 0.3) is 0 Å². The summed E-state index contributed by atoms with van der Waals surface area (Å²) in [6.45, 7) is 2.26. The second kappa shape index (κ2) is 7.36. The molecule has 0 radical (unpaired) electrons. The lowest BCUT2D eigenvalue weighted by Crippen LogP contribution is -2.31. The van der Waals surface area contributed by atoms with Gasteiger partial charge in [0.25, 0.3) is 0 Å². The van der Waals surface area contributed by atoms with Gasteiger partial charge in [0.1, 0.15) is 5.00 Å². The molecule has 6 nitrogen and oxygen atoms in total. The average Bonchev–Trinajstić information content (AvgIpc) is 3.35. The number of thiocarbonyl (C=S) groups is 1. The van der Waals surface area contributed by atoms with Crippen LogP contribution in [0.15, 0.2) is 18.2 Å². The highest BCUT2D eigenvalue weighted by Gasteiger charge is 2.27. The predicted octanol–water partition coefficient (Wildman–Crippen LogP) is 3.80. The molecule has 1 unspecified atom stereocenters. The number of carbonyl (C=O) groups is 1. The number of fused-ring (bicyclic) bond motifs is 2. The number of carbonyl (C=O) groups excluding carboxylic acids is 1. The number of nitrogens with one attached hydrogen (secondary N) is 2. The zero-order valence-corrected chi connectivity index (χ0v) is 16.7. The first-order valence-corrected chi connectivity index (χ1v) is 9.99. The normalized spacial score (nSPS) is 15.2. The lowest BCUT2D eigenvalue weighted by molar-refractivity contribution is 0.0601. The fourth-order valence-corrected chi connectivity index (χ4v) is 5.04. The van der Waals surface area contributed by atoms with E-state index in [2.05, 4.69) is 10.6 Å². The molecule has 2 aromatic rings. The molecule has 0 saturated heterocycles. The largest absolute Gasteiger partial charge is 0.465 e. The first-order chi connectivity index (χ1) is 13.1. The van der Waals surface area contributed by atoms with Crippen LogP contribution >= 0.6 is 23.6 Å². The highest BCUT2D eigenvalue weighted by molar-refractivity contribution is 7.80. The van der Waals surface area contributed by atoms with Crippen LogP contribution in [0.5, 0.6) is 11.5 Å². The molecule has 1 aliphatic carbocycles. The van der Waals surface area contributed by atoms with Crippen LogP contribution in [-0.2, 0) is 17.6 Å². The Morgan fingerprint density at radius 3 is 2.93 bits per heavy atom. The van der Waals surface area contributed by atoms with Crippen molar-refractivity contribution >= 4 is 39.6 Å². The monoisotopic (exact) mass is 404 g/mol. The number of anilines is 1. The Hall–Kier alpha value is -2.32. The second-order valence-electron chi connectivity index (χ2n) is 6.49. The summed E-state index contributed by atoms with van der Waals surface area (Å²) in [5, 5.41) is 7.67. The van der Waals surface area contributed by atoms with Gasteiger partial charge in [0, 0.05) is 4.88 Å². The van der Waals surface area contributed by atoms with E-state index in [4.69, 9.17) is 26.4 Å². The zero-order valence-electron chi connectivity index (χ0n) is 15.1. The number of methoxy groups -OCH3 is 1. The first-order valence-electron chi connectivity index (χ1n) is 8.76. The zero-order chi connectivity index (χ0) is 19.0. The van der Waals surface area contributed by atoms with Crippen molar-refractivity contribution in [3.63, 3.8) is 0 Å². The molecule has 0 spiro atoms. The van der Waals surface area contributed by atoms with Crippen molar-refractivity contribution in [1.82, 2.24) is 5.32 Å². The van der Waals surface area contributed by atoms with Crippen LogP contribution in [-0.4, -0.2) is 25.0 Å². The van der Waals surface area contributed by atoms with Crippen LogP contribution in [0.4, 0.5) is 5.00 Å². The second-order valence-corrected chi connectivity index (χ2v) is 8.00. The summed E-state index contributed by atoms with van der Waals surface area (Å²) in [5.74, 6) is 1.17. The third kappa shape index (κ3) is 3.46. The molecule has 0 saturated carbocycles. The Bertz CT molecular complexity index is 909. The van der Waals surface area contributed by atoms with Gasteiger partial charge in [-0.2, -0.15) is 0 Å². The molecule has 1 aromatic heterocycles. The van der Waals surface area contributed by atoms with E-state index in [-0.39, 0.29) is 18.8 Å². The Kier molecular flexibility index (Phi) is 4.92. The number of thiophene rings is 1. The van der Waals surface area contributed by atoms with Crippen molar-refractivity contribution < 1.29 is 19.0 Å². The van der Waals surface area contributed by atoms with E-state index in [0.717, 1.165) is 46.9 Å². The van der Waals surface area contributed by atoms with Gasteiger partial charge in [0.2, 0.25) is 6.79 Å².